The van der Waals surface area contributed by atoms with Gasteiger partial charge in [-0.2, -0.15) is 30.7 Å². The van der Waals surface area contributed by atoms with E-state index in [1.807, 2.05) is 11.9 Å². The van der Waals surface area contributed by atoms with Gasteiger partial charge in [-0.25, -0.2) is 19.4 Å². The minimum atomic E-state index is -4.98. The van der Waals surface area contributed by atoms with E-state index in [1.54, 1.807) is 7.11 Å². The van der Waals surface area contributed by atoms with Crippen LogP contribution in [-0.2, 0) is 33.1 Å². The number of halogens is 8. The summed E-state index contributed by atoms with van der Waals surface area (Å²) in [6, 6.07) is 4.78. The van der Waals surface area contributed by atoms with Gasteiger partial charge in [0.2, 0.25) is 5.82 Å². The smallest absolute Gasteiger partial charge is 0.433 e. The first-order valence-corrected chi connectivity index (χ1v) is 16.1. The van der Waals surface area contributed by atoms with Gasteiger partial charge in [-0.1, -0.05) is 6.07 Å². The number of nitrogens with one attached hydrogen (secondary N) is 2. The molecule has 1 spiro atoms. The van der Waals surface area contributed by atoms with Crippen molar-refractivity contribution in [2.75, 3.05) is 52.8 Å². The molecule has 1 aromatic heterocycles. The molecule has 2 amide bonds. The van der Waals surface area contributed by atoms with Gasteiger partial charge in [0.05, 0.1) is 23.6 Å². The quantitative estimate of drug-likeness (QED) is 0.161. The number of benzene rings is 2. The highest BCUT2D eigenvalue weighted by Gasteiger charge is 2.58. The first kappa shape index (κ1) is 39.3. The van der Waals surface area contributed by atoms with Crippen molar-refractivity contribution in [3.8, 4) is 17.0 Å². The molecule has 1 aliphatic heterocycles. The zero-order chi connectivity index (χ0) is 38.9. The second-order valence-corrected chi connectivity index (χ2v) is 12.6. The third kappa shape index (κ3) is 8.06. The van der Waals surface area contributed by atoms with Gasteiger partial charge in [-0.3, -0.25) is 15.0 Å². The Labute approximate surface area is 297 Å². The molecular formula is C34H34F8N6O5. The molecule has 2 aromatic carbocycles. The second-order valence-electron chi connectivity index (χ2n) is 12.6. The van der Waals surface area contributed by atoms with Crippen molar-refractivity contribution in [3.05, 3.63) is 82.5 Å². The minimum absolute atomic E-state index is 0.0668. The highest BCUT2D eigenvalue weighted by atomic mass is 19.4. The summed E-state index contributed by atoms with van der Waals surface area (Å²) in [5.41, 5.74) is -4.39. The summed E-state index contributed by atoms with van der Waals surface area (Å²) >= 11 is 0. The van der Waals surface area contributed by atoms with Gasteiger partial charge in [0, 0.05) is 32.8 Å². The molecule has 3 aromatic rings. The number of nitrogens with zero attached hydrogens (tertiary/aromatic N) is 4. The van der Waals surface area contributed by atoms with Crippen LogP contribution in [0, 0.1) is 17.6 Å². The van der Waals surface area contributed by atoms with Crippen LogP contribution in [0.2, 0.25) is 0 Å². The number of carbonyl (C=O) groups excluding carboxylic acids is 2. The van der Waals surface area contributed by atoms with E-state index in [0.717, 1.165) is 6.07 Å². The fourth-order valence-corrected chi connectivity index (χ4v) is 6.31. The highest BCUT2D eigenvalue weighted by Crippen LogP contribution is 2.51. The van der Waals surface area contributed by atoms with Crippen LogP contribution in [-0.4, -0.2) is 89.8 Å². The first-order chi connectivity index (χ1) is 24.9. The van der Waals surface area contributed by atoms with E-state index >= 15 is 8.78 Å². The molecule has 2 atom stereocenters. The number of carbonyl (C=O) groups is 2. The molecule has 19 heteroatoms. The van der Waals surface area contributed by atoms with Gasteiger partial charge >= 0.3 is 12.4 Å². The molecule has 1 aliphatic carbocycles. The van der Waals surface area contributed by atoms with Crippen LogP contribution in [0.4, 0.5) is 40.8 Å². The molecule has 2 aliphatic rings. The van der Waals surface area contributed by atoms with Crippen LogP contribution in [0.1, 0.15) is 29.7 Å². The van der Waals surface area contributed by atoms with Gasteiger partial charge in [0.25, 0.3) is 11.8 Å². The van der Waals surface area contributed by atoms with Crippen LogP contribution in [0.15, 0.2) is 54.1 Å². The number of amides is 2. The third-order valence-electron chi connectivity index (χ3n) is 9.35. The summed E-state index contributed by atoms with van der Waals surface area (Å²) in [5, 5.41) is 15.0. The highest BCUT2D eigenvalue weighted by molar-refractivity contribution is 6.24. The molecule has 53 heavy (non-hydrogen) atoms. The lowest BCUT2D eigenvalue weighted by molar-refractivity contribution is -0.141. The molecule has 11 nitrogen and oxygen atoms in total. The van der Waals surface area contributed by atoms with E-state index in [1.165, 1.54) is 24.2 Å². The molecule has 3 N–H and O–H groups in total. The molecule has 0 saturated heterocycles. The summed E-state index contributed by atoms with van der Waals surface area (Å²) in [7, 11) is 4.76. The largest absolute Gasteiger partial charge is 0.509 e. The first-order valence-electron chi connectivity index (χ1n) is 16.1. The standard InChI is InChI=1S/C34H34F8N6O5/c1-47(10-12-52-3)11-13-53-24-7-4-18(27(35)28(24)36)14-19-8-9-32(19)29(49)26(31(51)46-48(32)2)30(50)45-22-6-5-20(33(37,38)39)15-21(22)23-16-25(34(40,41)42)44-17-43-23/h4-7,15-17,19,49H,8-14H2,1-3H3,(H,45,50)(H,46,51). The monoisotopic (exact) mass is 758 g/mol. The summed E-state index contributed by atoms with van der Waals surface area (Å²) in [6.45, 7) is 1.56. The van der Waals surface area contributed by atoms with Gasteiger partial charge in [-0.05, 0) is 68.1 Å². The molecule has 0 radical (unpaired) electrons. The van der Waals surface area contributed by atoms with Crippen molar-refractivity contribution in [1.82, 2.24) is 25.3 Å². The number of hydrazine groups is 1. The van der Waals surface area contributed by atoms with Gasteiger partial charge in [0.15, 0.2) is 11.6 Å². The maximum Gasteiger partial charge on any atom is 0.433 e. The number of alkyl halides is 6. The van der Waals surface area contributed by atoms with Crippen molar-refractivity contribution in [1.29, 1.82) is 0 Å². The fraction of sp³-hybridized carbons (Fsp3) is 0.412. The zero-order valence-corrected chi connectivity index (χ0v) is 28.5. The number of hydrogen-bond acceptors (Lipinski definition) is 9. The number of ether oxygens (including phenoxy) is 2. The Morgan fingerprint density at radius 2 is 1.77 bits per heavy atom. The number of likely N-dealkylation sites (N-methyl/N-ethyl adjacent to an activating group) is 2. The topological polar surface area (TPSA) is 129 Å². The number of aliphatic hydroxyl groups excluding tert-OH is 1. The molecule has 286 valence electrons. The van der Waals surface area contributed by atoms with E-state index in [9.17, 15) is 41.0 Å². The van der Waals surface area contributed by atoms with Gasteiger partial charge in [-0.15, -0.1) is 0 Å². The van der Waals surface area contributed by atoms with E-state index in [4.69, 9.17) is 9.47 Å². The summed E-state index contributed by atoms with van der Waals surface area (Å²) in [6.07, 6.45) is -9.10. The number of hydrogen-bond donors (Lipinski definition) is 3. The van der Waals surface area contributed by atoms with E-state index in [0.29, 0.717) is 50.6 Å². The minimum Gasteiger partial charge on any atom is -0.509 e. The van der Waals surface area contributed by atoms with E-state index in [2.05, 4.69) is 20.7 Å². The van der Waals surface area contributed by atoms with Crippen molar-refractivity contribution in [3.63, 3.8) is 0 Å². The second kappa shape index (κ2) is 15.2. The van der Waals surface area contributed by atoms with Crippen LogP contribution >= 0.6 is 0 Å². The lowest BCUT2D eigenvalue weighted by Crippen LogP contribution is -2.69. The Hall–Kier alpha value is -4.88. The molecule has 1 saturated carbocycles. The lowest BCUT2D eigenvalue weighted by Gasteiger charge is -2.56. The third-order valence-corrected chi connectivity index (χ3v) is 9.35. The normalized spacial score (nSPS) is 19.4. The Kier molecular flexibility index (Phi) is 11.3. The summed E-state index contributed by atoms with van der Waals surface area (Å²) in [4.78, 5) is 35.4. The van der Waals surface area contributed by atoms with Gasteiger partial charge in [0.1, 0.15) is 35.5 Å². The molecule has 2 heterocycles. The predicted molar refractivity (Wildman–Crippen MR) is 172 cm³/mol. The number of methoxy groups -OCH3 is 1. The molecule has 5 rings (SSSR count). The average Bonchev–Trinajstić information content (AvgIpc) is 3.07. The number of aromatic nitrogens is 2. The number of rotatable bonds is 12. The SMILES string of the molecule is COCCN(C)CCOc1ccc(CC2CCC23C(O)=C(C(=O)Nc2ccc(C(F)(F)F)cc2-c2cc(C(F)(F)F)ncn2)C(=O)NN3C)c(F)c1F. The van der Waals surface area contributed by atoms with Crippen molar-refractivity contribution < 1.29 is 59.3 Å². The average molecular weight is 759 g/mol. The Balaban J connectivity index is 1.41. The lowest BCUT2D eigenvalue weighted by atomic mass is 9.61. The van der Waals surface area contributed by atoms with Crippen molar-refractivity contribution in [2.45, 2.75) is 37.2 Å². The van der Waals surface area contributed by atoms with Crippen LogP contribution in [0.3, 0.4) is 0 Å². The van der Waals surface area contributed by atoms with Crippen LogP contribution < -0.4 is 15.5 Å². The number of aliphatic hydroxyl groups is 1. The van der Waals surface area contributed by atoms with Crippen molar-refractivity contribution in [2.24, 2.45) is 5.92 Å². The molecular weight excluding hydrogens is 724 g/mol. The fourth-order valence-electron chi connectivity index (χ4n) is 6.31. The Morgan fingerprint density at radius 1 is 1.06 bits per heavy atom. The maximum atomic E-state index is 15.3. The summed E-state index contributed by atoms with van der Waals surface area (Å²) < 4.78 is 122. The molecule has 2 unspecified atom stereocenters. The molecule has 1 fully saturated rings. The van der Waals surface area contributed by atoms with Crippen molar-refractivity contribution >= 4 is 17.5 Å². The van der Waals surface area contributed by atoms with E-state index in [-0.39, 0.29) is 30.8 Å². The number of anilines is 1. The Morgan fingerprint density at radius 3 is 2.42 bits per heavy atom. The van der Waals surface area contributed by atoms with E-state index < -0.39 is 86.8 Å². The summed E-state index contributed by atoms with van der Waals surface area (Å²) in [5.74, 6) is -6.57. The van der Waals surface area contributed by atoms with Gasteiger partial charge < -0.3 is 24.8 Å². The Bertz CT molecular complexity index is 1910. The van der Waals surface area contributed by atoms with Crippen LogP contribution in [0.25, 0.3) is 11.3 Å². The van der Waals surface area contributed by atoms with Crippen LogP contribution in [0.5, 0.6) is 5.75 Å². The predicted octanol–water partition coefficient (Wildman–Crippen LogP) is 5.54. The maximum absolute atomic E-state index is 15.3. The zero-order valence-electron chi connectivity index (χ0n) is 28.5. The molecule has 0 bridgehead atoms.